The minimum absolute atomic E-state index is 0.0510. The number of amides is 1. The molecule has 2 aromatic rings. The van der Waals surface area contributed by atoms with Crippen molar-refractivity contribution in [2.75, 3.05) is 19.8 Å². The fraction of sp³-hybridized carbons (Fsp3) is 0.409. The van der Waals surface area contributed by atoms with E-state index in [-0.39, 0.29) is 30.6 Å². The van der Waals surface area contributed by atoms with E-state index in [2.05, 4.69) is 26.1 Å². The molecule has 2 rings (SSSR count). The first kappa shape index (κ1) is 20.1. The number of nitrogens with one attached hydrogen (secondary N) is 1. The minimum atomic E-state index is -0.291. The zero-order chi connectivity index (χ0) is 19.2. The highest BCUT2D eigenvalue weighted by Gasteiger charge is 2.16. The molecule has 1 amide bonds. The topological polar surface area (TPSA) is 58.6 Å². The smallest absolute Gasteiger partial charge is 0.251 e. The molecule has 0 saturated carbocycles. The third-order valence-electron chi connectivity index (χ3n) is 4.32. The van der Waals surface area contributed by atoms with Gasteiger partial charge in [0.2, 0.25) is 0 Å². The van der Waals surface area contributed by atoms with E-state index in [0.29, 0.717) is 12.1 Å². The number of carbonyl (C=O) groups excluding carboxylic acids is 1. The number of hydrogen-bond donors (Lipinski definition) is 2. The zero-order valence-corrected chi connectivity index (χ0v) is 16.1. The lowest BCUT2D eigenvalue weighted by molar-refractivity contribution is 0.0277. The van der Waals surface area contributed by atoms with Crippen molar-refractivity contribution in [1.82, 2.24) is 5.32 Å². The molecule has 0 fully saturated rings. The molecule has 26 heavy (non-hydrogen) atoms. The van der Waals surface area contributed by atoms with Crippen molar-refractivity contribution in [3.63, 3.8) is 0 Å². The van der Waals surface area contributed by atoms with Crippen molar-refractivity contribution in [3.05, 3.63) is 70.8 Å². The molecule has 1 unspecified atom stereocenters. The van der Waals surface area contributed by atoms with E-state index in [4.69, 9.17) is 9.84 Å². The Bertz CT molecular complexity index is 700. The molecule has 1 atom stereocenters. The Hall–Kier alpha value is -2.17. The van der Waals surface area contributed by atoms with E-state index >= 15 is 0 Å². The van der Waals surface area contributed by atoms with Gasteiger partial charge in [-0.3, -0.25) is 4.79 Å². The van der Waals surface area contributed by atoms with Crippen molar-refractivity contribution in [2.45, 2.75) is 39.2 Å². The van der Waals surface area contributed by atoms with E-state index < -0.39 is 0 Å². The first-order valence-corrected chi connectivity index (χ1v) is 8.99. The van der Waals surface area contributed by atoms with E-state index in [1.807, 2.05) is 55.5 Å². The molecular weight excluding hydrogens is 326 g/mol. The van der Waals surface area contributed by atoms with Crippen LogP contribution in [0.1, 0.15) is 53.9 Å². The molecule has 2 N–H and O–H groups in total. The Morgan fingerprint density at radius 3 is 2.23 bits per heavy atom. The Labute approximate surface area is 156 Å². The number of aliphatic hydroxyl groups is 1. The molecule has 4 nitrogen and oxygen atoms in total. The number of aryl methyl sites for hydroxylation is 1. The van der Waals surface area contributed by atoms with Gasteiger partial charge in [-0.15, -0.1) is 0 Å². The highest BCUT2D eigenvalue weighted by atomic mass is 16.5. The van der Waals surface area contributed by atoms with Crippen LogP contribution in [0.2, 0.25) is 0 Å². The van der Waals surface area contributed by atoms with Gasteiger partial charge in [-0.25, -0.2) is 0 Å². The zero-order valence-electron chi connectivity index (χ0n) is 16.1. The maximum atomic E-state index is 12.5. The van der Waals surface area contributed by atoms with Crippen LogP contribution < -0.4 is 5.32 Å². The van der Waals surface area contributed by atoms with Crippen LogP contribution in [0.15, 0.2) is 48.5 Å². The van der Waals surface area contributed by atoms with Crippen molar-refractivity contribution < 1.29 is 14.6 Å². The summed E-state index contributed by atoms with van der Waals surface area (Å²) >= 11 is 0. The van der Waals surface area contributed by atoms with Gasteiger partial charge in [0.05, 0.1) is 19.3 Å². The third-order valence-corrected chi connectivity index (χ3v) is 4.32. The summed E-state index contributed by atoms with van der Waals surface area (Å²) in [5, 5.41) is 12.0. The molecule has 0 saturated heterocycles. The average Bonchev–Trinajstić information content (AvgIpc) is 2.62. The molecule has 0 aliphatic carbocycles. The Morgan fingerprint density at radius 1 is 1.08 bits per heavy atom. The maximum Gasteiger partial charge on any atom is 0.251 e. The summed E-state index contributed by atoms with van der Waals surface area (Å²) in [6.45, 7) is 8.99. The van der Waals surface area contributed by atoms with Gasteiger partial charge < -0.3 is 15.2 Å². The van der Waals surface area contributed by atoms with Gasteiger partial charge in [0, 0.05) is 12.1 Å². The van der Waals surface area contributed by atoms with Crippen LogP contribution in [-0.4, -0.2) is 30.8 Å². The number of ether oxygens (including phenoxy) is 1. The molecule has 4 heteroatoms. The van der Waals surface area contributed by atoms with Crippen LogP contribution >= 0.6 is 0 Å². The molecule has 0 spiro atoms. The lowest BCUT2D eigenvalue weighted by atomic mass is 9.87. The number of rotatable bonds is 7. The van der Waals surface area contributed by atoms with Crippen molar-refractivity contribution in [3.8, 4) is 0 Å². The summed E-state index contributed by atoms with van der Waals surface area (Å²) in [7, 11) is 0. The van der Waals surface area contributed by atoms with E-state index in [1.54, 1.807) is 0 Å². The highest BCUT2D eigenvalue weighted by Crippen LogP contribution is 2.22. The normalized spacial score (nSPS) is 12.7. The highest BCUT2D eigenvalue weighted by molar-refractivity contribution is 5.94. The van der Waals surface area contributed by atoms with Crippen LogP contribution in [0.5, 0.6) is 0 Å². The average molecular weight is 355 g/mol. The molecule has 0 radical (unpaired) electrons. The van der Waals surface area contributed by atoms with Gasteiger partial charge in [0.25, 0.3) is 5.91 Å². The quantitative estimate of drug-likeness (QED) is 0.795. The summed E-state index contributed by atoms with van der Waals surface area (Å²) in [6, 6.07) is 15.7. The number of hydrogen-bond acceptors (Lipinski definition) is 3. The third kappa shape index (κ3) is 5.68. The summed E-state index contributed by atoms with van der Waals surface area (Å²) in [5.41, 5.74) is 4.02. The van der Waals surface area contributed by atoms with Crippen LogP contribution in [0.3, 0.4) is 0 Å². The second kappa shape index (κ2) is 8.97. The standard InChI is InChI=1S/C22H29NO3/c1-16-5-7-17(8-6-16)20(26-14-13-24)15-23-21(25)18-9-11-19(12-10-18)22(2,3)4/h5-12,20,24H,13-15H2,1-4H3,(H,23,25). The van der Waals surface area contributed by atoms with Gasteiger partial charge in [0.1, 0.15) is 0 Å². The molecule has 0 aromatic heterocycles. The molecule has 140 valence electrons. The SMILES string of the molecule is Cc1ccc(C(CNC(=O)c2ccc(C(C)(C)C)cc2)OCCO)cc1. The Morgan fingerprint density at radius 2 is 1.69 bits per heavy atom. The molecule has 0 aliphatic heterocycles. The molecule has 0 bridgehead atoms. The lowest BCUT2D eigenvalue weighted by Crippen LogP contribution is -2.30. The number of benzene rings is 2. The fourth-order valence-corrected chi connectivity index (χ4v) is 2.66. The van der Waals surface area contributed by atoms with Crippen molar-refractivity contribution >= 4 is 5.91 Å². The predicted octanol–water partition coefficient (Wildman–Crippen LogP) is 3.77. The van der Waals surface area contributed by atoms with Gasteiger partial charge in [0.15, 0.2) is 0 Å². The second-order valence-electron chi connectivity index (χ2n) is 7.53. The number of carbonyl (C=O) groups is 1. The molecule has 2 aromatic carbocycles. The van der Waals surface area contributed by atoms with Crippen LogP contribution in [0.25, 0.3) is 0 Å². The summed E-state index contributed by atoms with van der Waals surface area (Å²) in [5.74, 6) is -0.129. The number of aliphatic hydroxyl groups excluding tert-OH is 1. The van der Waals surface area contributed by atoms with Crippen LogP contribution in [0, 0.1) is 6.92 Å². The van der Waals surface area contributed by atoms with Crippen LogP contribution in [-0.2, 0) is 10.2 Å². The Balaban J connectivity index is 2.02. The summed E-state index contributed by atoms with van der Waals surface area (Å²) < 4.78 is 5.70. The second-order valence-corrected chi connectivity index (χ2v) is 7.53. The molecule has 0 heterocycles. The van der Waals surface area contributed by atoms with Gasteiger partial charge >= 0.3 is 0 Å². The summed E-state index contributed by atoms with van der Waals surface area (Å²) in [6.07, 6.45) is -0.291. The van der Waals surface area contributed by atoms with E-state index in [9.17, 15) is 4.79 Å². The summed E-state index contributed by atoms with van der Waals surface area (Å²) in [4.78, 5) is 12.5. The van der Waals surface area contributed by atoms with Gasteiger partial charge in [-0.1, -0.05) is 62.7 Å². The molecular formula is C22H29NO3. The Kier molecular flexibility index (Phi) is 6.95. The first-order chi connectivity index (χ1) is 12.3. The minimum Gasteiger partial charge on any atom is -0.394 e. The molecule has 0 aliphatic rings. The van der Waals surface area contributed by atoms with E-state index in [0.717, 1.165) is 11.1 Å². The van der Waals surface area contributed by atoms with Crippen molar-refractivity contribution in [1.29, 1.82) is 0 Å². The fourth-order valence-electron chi connectivity index (χ4n) is 2.66. The van der Waals surface area contributed by atoms with Crippen LogP contribution in [0.4, 0.5) is 0 Å². The maximum absolute atomic E-state index is 12.5. The van der Waals surface area contributed by atoms with Gasteiger partial charge in [-0.2, -0.15) is 0 Å². The van der Waals surface area contributed by atoms with E-state index in [1.165, 1.54) is 5.56 Å². The monoisotopic (exact) mass is 355 g/mol. The lowest BCUT2D eigenvalue weighted by Gasteiger charge is -2.20. The van der Waals surface area contributed by atoms with Crippen molar-refractivity contribution in [2.24, 2.45) is 0 Å². The van der Waals surface area contributed by atoms with Gasteiger partial charge in [-0.05, 0) is 35.6 Å². The predicted molar refractivity (Wildman–Crippen MR) is 104 cm³/mol. The largest absolute Gasteiger partial charge is 0.394 e. The first-order valence-electron chi connectivity index (χ1n) is 8.99.